The van der Waals surface area contributed by atoms with Crippen LogP contribution in [0.5, 0.6) is 0 Å². The Labute approximate surface area is 140 Å². The van der Waals surface area contributed by atoms with Crippen molar-refractivity contribution in [2.24, 2.45) is 0 Å². The maximum Gasteiger partial charge on any atom is 0.274 e. The fraction of sp³-hybridized carbons (Fsp3) is 0.533. The van der Waals surface area contributed by atoms with E-state index in [1.807, 2.05) is 4.57 Å². The molecule has 1 aliphatic heterocycles. The van der Waals surface area contributed by atoms with Crippen LogP contribution >= 0.6 is 12.2 Å². The van der Waals surface area contributed by atoms with E-state index in [1.54, 1.807) is 25.1 Å². The van der Waals surface area contributed by atoms with E-state index in [0.717, 1.165) is 19.4 Å². The summed E-state index contributed by atoms with van der Waals surface area (Å²) >= 11 is 5.29. The van der Waals surface area contributed by atoms with E-state index in [2.05, 4.69) is 0 Å². The van der Waals surface area contributed by atoms with Crippen LogP contribution in [0.4, 0.5) is 0 Å². The van der Waals surface area contributed by atoms with Crippen LogP contribution in [0.2, 0.25) is 0 Å². The van der Waals surface area contributed by atoms with Gasteiger partial charge in [-0.05, 0) is 43.3 Å². The standard InChI is InChI=1S/C15H20N2O4S2/c1-2-23(19,20)12-5-6-14-13(8-12)17(15(22)21-14)10-16-7-3-4-11(18)9-16/h5-6,8,11,18H,2-4,7,9-10H2,1H3/p+1/t11-/m0/s1. The van der Waals surface area contributed by atoms with Crippen LogP contribution < -0.4 is 4.90 Å². The Morgan fingerprint density at radius 2 is 2.26 bits per heavy atom. The van der Waals surface area contributed by atoms with Crippen LogP contribution in [-0.4, -0.2) is 43.0 Å². The van der Waals surface area contributed by atoms with Gasteiger partial charge < -0.3 is 14.4 Å². The minimum atomic E-state index is -3.27. The summed E-state index contributed by atoms with van der Waals surface area (Å²) in [7, 11) is -3.27. The maximum absolute atomic E-state index is 12.1. The van der Waals surface area contributed by atoms with Crippen molar-refractivity contribution in [3.05, 3.63) is 23.0 Å². The SMILES string of the molecule is CCS(=O)(=O)c1ccc2oc(=S)n(C[NH+]3CCC[C@H](O)C3)c2c1. The highest BCUT2D eigenvalue weighted by atomic mass is 32.2. The average Bonchev–Trinajstić information content (AvgIpc) is 2.83. The Kier molecular flexibility index (Phi) is 4.59. The van der Waals surface area contributed by atoms with Crippen LogP contribution in [0.1, 0.15) is 19.8 Å². The summed E-state index contributed by atoms with van der Waals surface area (Å²) in [5.74, 6) is 0.0562. The molecular formula is C15H21N2O4S2+. The monoisotopic (exact) mass is 357 g/mol. The second kappa shape index (κ2) is 6.35. The van der Waals surface area contributed by atoms with Crippen molar-refractivity contribution in [3.63, 3.8) is 0 Å². The van der Waals surface area contributed by atoms with Gasteiger partial charge in [0.25, 0.3) is 4.84 Å². The number of hydrogen-bond donors (Lipinski definition) is 2. The Hall–Kier alpha value is -1.22. The van der Waals surface area contributed by atoms with Crippen LogP contribution in [-0.2, 0) is 16.5 Å². The summed E-state index contributed by atoms with van der Waals surface area (Å²) in [6.45, 7) is 3.82. The van der Waals surface area contributed by atoms with Crippen LogP contribution in [0.25, 0.3) is 11.1 Å². The second-order valence-electron chi connectivity index (χ2n) is 5.99. The molecule has 1 fully saturated rings. The zero-order valence-corrected chi connectivity index (χ0v) is 14.6. The average molecular weight is 357 g/mol. The summed E-state index contributed by atoms with van der Waals surface area (Å²) in [5.41, 5.74) is 1.28. The number of sulfone groups is 1. The largest absolute Gasteiger partial charge is 0.429 e. The first-order valence-corrected chi connectivity index (χ1v) is 9.84. The zero-order chi connectivity index (χ0) is 16.6. The minimum Gasteiger partial charge on any atom is -0.429 e. The van der Waals surface area contributed by atoms with Crippen molar-refractivity contribution in [1.29, 1.82) is 0 Å². The van der Waals surface area contributed by atoms with E-state index in [1.165, 1.54) is 4.90 Å². The van der Waals surface area contributed by atoms with Gasteiger partial charge in [-0.1, -0.05) is 6.92 Å². The van der Waals surface area contributed by atoms with E-state index in [4.69, 9.17) is 16.6 Å². The van der Waals surface area contributed by atoms with Gasteiger partial charge in [-0.3, -0.25) is 4.57 Å². The number of fused-ring (bicyclic) bond motifs is 1. The number of likely N-dealkylation sites (tertiary alicyclic amines) is 1. The highest BCUT2D eigenvalue weighted by molar-refractivity contribution is 7.91. The Morgan fingerprint density at radius 3 is 2.96 bits per heavy atom. The molecule has 0 aliphatic carbocycles. The molecule has 0 spiro atoms. The van der Waals surface area contributed by atoms with E-state index < -0.39 is 9.84 Å². The van der Waals surface area contributed by atoms with Crippen LogP contribution in [0.3, 0.4) is 0 Å². The zero-order valence-electron chi connectivity index (χ0n) is 13.0. The third kappa shape index (κ3) is 3.35. The predicted molar refractivity (Wildman–Crippen MR) is 88.7 cm³/mol. The Balaban J connectivity index is 2.00. The number of aliphatic hydroxyl groups is 1. The molecule has 23 heavy (non-hydrogen) atoms. The highest BCUT2D eigenvalue weighted by Gasteiger charge is 2.23. The molecule has 0 radical (unpaired) electrons. The number of nitrogens with zero attached hydrogens (tertiary/aromatic N) is 1. The van der Waals surface area contributed by atoms with Crippen molar-refractivity contribution in [1.82, 2.24) is 4.57 Å². The van der Waals surface area contributed by atoms with Gasteiger partial charge in [0.2, 0.25) is 0 Å². The normalized spacial score (nSPS) is 22.5. The van der Waals surface area contributed by atoms with Gasteiger partial charge in [0, 0.05) is 0 Å². The highest BCUT2D eigenvalue weighted by Crippen LogP contribution is 2.22. The summed E-state index contributed by atoms with van der Waals surface area (Å²) in [4.78, 5) is 1.83. The second-order valence-corrected chi connectivity index (χ2v) is 8.61. The molecule has 1 aromatic heterocycles. The molecule has 0 bridgehead atoms. The van der Waals surface area contributed by atoms with E-state index >= 15 is 0 Å². The van der Waals surface area contributed by atoms with Gasteiger partial charge in [-0.2, -0.15) is 0 Å². The van der Waals surface area contributed by atoms with Gasteiger partial charge in [0.1, 0.15) is 12.6 Å². The lowest BCUT2D eigenvalue weighted by Crippen LogP contribution is -3.13. The first-order chi connectivity index (χ1) is 10.9. The van der Waals surface area contributed by atoms with Crippen LogP contribution in [0.15, 0.2) is 27.5 Å². The molecular weight excluding hydrogens is 336 g/mol. The number of aromatic nitrogens is 1. The molecule has 0 amide bonds. The maximum atomic E-state index is 12.1. The minimum absolute atomic E-state index is 0.0562. The number of benzene rings is 1. The lowest BCUT2D eigenvalue weighted by Gasteiger charge is -2.27. The van der Waals surface area contributed by atoms with E-state index in [9.17, 15) is 13.5 Å². The van der Waals surface area contributed by atoms with Gasteiger partial charge in [0.15, 0.2) is 22.1 Å². The van der Waals surface area contributed by atoms with Gasteiger partial charge >= 0.3 is 0 Å². The molecule has 1 saturated heterocycles. The van der Waals surface area contributed by atoms with Gasteiger partial charge in [0.05, 0.1) is 22.7 Å². The third-order valence-corrected chi connectivity index (χ3v) is 6.39. The lowest BCUT2D eigenvalue weighted by molar-refractivity contribution is -0.930. The molecule has 2 N–H and O–H groups in total. The smallest absolute Gasteiger partial charge is 0.274 e. The fourth-order valence-electron chi connectivity index (χ4n) is 3.04. The number of rotatable bonds is 4. The summed E-state index contributed by atoms with van der Waals surface area (Å²) in [6, 6.07) is 4.85. The Bertz CT molecular complexity index is 869. The van der Waals surface area contributed by atoms with Crippen molar-refractivity contribution < 1.29 is 22.8 Å². The van der Waals surface area contributed by atoms with Crippen molar-refractivity contribution in [2.45, 2.75) is 37.4 Å². The molecule has 8 heteroatoms. The molecule has 2 heterocycles. The molecule has 126 valence electrons. The van der Waals surface area contributed by atoms with E-state index in [0.29, 0.717) is 29.2 Å². The topological polar surface area (TPSA) is 76.9 Å². The number of hydrogen-bond acceptors (Lipinski definition) is 5. The third-order valence-electron chi connectivity index (χ3n) is 4.35. The molecule has 6 nitrogen and oxygen atoms in total. The first kappa shape index (κ1) is 16.6. The molecule has 2 aromatic rings. The summed E-state index contributed by atoms with van der Waals surface area (Å²) in [5, 5.41) is 9.81. The predicted octanol–water partition coefficient (Wildman–Crippen LogP) is 0.754. The Morgan fingerprint density at radius 1 is 1.48 bits per heavy atom. The first-order valence-electron chi connectivity index (χ1n) is 7.78. The fourth-order valence-corrected chi connectivity index (χ4v) is 4.20. The summed E-state index contributed by atoms with van der Waals surface area (Å²) < 4.78 is 31.6. The van der Waals surface area contributed by atoms with Gasteiger partial charge in [-0.15, -0.1) is 0 Å². The number of oxazole rings is 1. The number of piperidine rings is 1. The van der Waals surface area contributed by atoms with E-state index in [-0.39, 0.29) is 16.8 Å². The number of aliphatic hydroxyl groups excluding tert-OH is 1. The molecule has 1 aliphatic rings. The van der Waals surface area contributed by atoms with Gasteiger partial charge in [-0.25, -0.2) is 8.42 Å². The van der Waals surface area contributed by atoms with Crippen molar-refractivity contribution in [3.8, 4) is 0 Å². The molecule has 1 aromatic carbocycles. The van der Waals surface area contributed by atoms with Crippen molar-refractivity contribution >= 4 is 33.2 Å². The summed E-state index contributed by atoms with van der Waals surface area (Å²) in [6.07, 6.45) is 1.51. The quantitative estimate of drug-likeness (QED) is 0.790. The molecule has 0 saturated carbocycles. The molecule has 2 atom stereocenters. The number of nitrogens with one attached hydrogen (secondary N) is 1. The molecule has 3 rings (SSSR count). The lowest BCUT2D eigenvalue weighted by atomic mass is 10.1. The van der Waals surface area contributed by atoms with Crippen molar-refractivity contribution in [2.75, 3.05) is 18.8 Å². The molecule has 1 unspecified atom stereocenters. The van der Waals surface area contributed by atoms with Crippen LogP contribution in [0, 0.1) is 4.84 Å². The number of quaternary nitrogens is 1.